The molecule has 0 saturated carbocycles. The van der Waals surface area contributed by atoms with E-state index < -0.39 is 17.6 Å². The van der Waals surface area contributed by atoms with Crippen LogP contribution in [0.1, 0.15) is 10.4 Å². The largest absolute Gasteiger partial charge is 0.478 e. The van der Waals surface area contributed by atoms with Crippen molar-refractivity contribution in [3.63, 3.8) is 0 Å². The first-order valence-corrected chi connectivity index (χ1v) is 5.64. The predicted molar refractivity (Wildman–Crippen MR) is 66.3 cm³/mol. The van der Waals surface area contributed by atoms with E-state index in [9.17, 15) is 13.6 Å². The molecule has 20 heavy (non-hydrogen) atoms. The molecule has 0 aliphatic rings. The van der Waals surface area contributed by atoms with Crippen LogP contribution in [0.15, 0.2) is 40.8 Å². The van der Waals surface area contributed by atoms with Gasteiger partial charge in [-0.1, -0.05) is 0 Å². The maximum absolute atomic E-state index is 13.6. The second kappa shape index (κ2) is 4.41. The van der Waals surface area contributed by atoms with Crippen LogP contribution >= 0.6 is 0 Å². The molecule has 0 radical (unpaired) electrons. The van der Waals surface area contributed by atoms with Gasteiger partial charge in [0.25, 0.3) is 0 Å². The van der Waals surface area contributed by atoms with Crippen molar-refractivity contribution in [1.29, 1.82) is 0 Å². The summed E-state index contributed by atoms with van der Waals surface area (Å²) in [6, 6.07) is 7.01. The number of aromatic carboxylic acids is 1. The minimum atomic E-state index is -1.10. The van der Waals surface area contributed by atoms with Crippen LogP contribution in [0.4, 0.5) is 8.78 Å². The Hall–Kier alpha value is -2.76. The summed E-state index contributed by atoms with van der Waals surface area (Å²) >= 11 is 0. The lowest BCUT2D eigenvalue weighted by molar-refractivity contribution is 0.0697. The average Bonchev–Trinajstić information content (AvgIpc) is 2.83. The SMILES string of the molecule is O=C(O)c1ccc2oc(-c3cc(F)ccc3F)nc2c1. The maximum Gasteiger partial charge on any atom is 0.335 e. The summed E-state index contributed by atoms with van der Waals surface area (Å²) in [5.74, 6) is -2.49. The zero-order chi connectivity index (χ0) is 14.3. The minimum absolute atomic E-state index is 0.0389. The van der Waals surface area contributed by atoms with Gasteiger partial charge in [0.05, 0.1) is 11.1 Å². The maximum atomic E-state index is 13.6. The Morgan fingerprint density at radius 1 is 1.15 bits per heavy atom. The zero-order valence-electron chi connectivity index (χ0n) is 9.93. The fourth-order valence-corrected chi connectivity index (χ4v) is 1.84. The number of carbonyl (C=O) groups is 1. The summed E-state index contributed by atoms with van der Waals surface area (Å²) in [4.78, 5) is 14.8. The Bertz CT molecular complexity index is 826. The normalized spacial score (nSPS) is 10.9. The second-order valence-electron chi connectivity index (χ2n) is 4.13. The number of oxazole rings is 1. The molecule has 1 aromatic heterocycles. The van der Waals surface area contributed by atoms with Gasteiger partial charge in [0.1, 0.15) is 17.2 Å². The van der Waals surface area contributed by atoms with Crippen molar-refractivity contribution in [3.05, 3.63) is 53.6 Å². The minimum Gasteiger partial charge on any atom is -0.478 e. The van der Waals surface area contributed by atoms with Gasteiger partial charge in [-0.25, -0.2) is 18.6 Å². The van der Waals surface area contributed by atoms with Gasteiger partial charge in [0.2, 0.25) is 5.89 Å². The van der Waals surface area contributed by atoms with E-state index in [0.717, 1.165) is 18.2 Å². The number of rotatable bonds is 2. The first kappa shape index (κ1) is 12.3. The first-order valence-electron chi connectivity index (χ1n) is 5.64. The second-order valence-corrected chi connectivity index (χ2v) is 4.13. The van der Waals surface area contributed by atoms with Crippen LogP contribution in [0.2, 0.25) is 0 Å². The molecular weight excluding hydrogens is 268 g/mol. The van der Waals surface area contributed by atoms with Crippen molar-refractivity contribution in [1.82, 2.24) is 4.98 Å². The number of fused-ring (bicyclic) bond motifs is 1. The summed E-state index contributed by atoms with van der Waals surface area (Å²) in [5, 5.41) is 8.88. The molecule has 2 aromatic carbocycles. The van der Waals surface area contributed by atoms with Crippen LogP contribution < -0.4 is 0 Å². The van der Waals surface area contributed by atoms with Crippen molar-refractivity contribution in [2.24, 2.45) is 0 Å². The van der Waals surface area contributed by atoms with E-state index in [2.05, 4.69) is 4.98 Å². The highest BCUT2D eigenvalue weighted by molar-refractivity contribution is 5.92. The van der Waals surface area contributed by atoms with E-state index in [4.69, 9.17) is 9.52 Å². The third kappa shape index (κ3) is 2.01. The van der Waals surface area contributed by atoms with Crippen molar-refractivity contribution in [2.75, 3.05) is 0 Å². The lowest BCUT2D eigenvalue weighted by Crippen LogP contribution is -1.94. The van der Waals surface area contributed by atoms with Crippen LogP contribution in [-0.2, 0) is 0 Å². The molecule has 1 heterocycles. The molecule has 0 aliphatic carbocycles. The lowest BCUT2D eigenvalue weighted by atomic mass is 10.2. The molecule has 4 nitrogen and oxygen atoms in total. The molecule has 0 saturated heterocycles. The molecule has 0 fully saturated rings. The highest BCUT2D eigenvalue weighted by atomic mass is 19.1. The molecule has 100 valence electrons. The van der Waals surface area contributed by atoms with Gasteiger partial charge in [-0.2, -0.15) is 0 Å². The van der Waals surface area contributed by atoms with Crippen LogP contribution in [0.3, 0.4) is 0 Å². The lowest BCUT2D eigenvalue weighted by Gasteiger charge is -1.97. The van der Waals surface area contributed by atoms with Crippen molar-refractivity contribution >= 4 is 17.1 Å². The number of benzene rings is 2. The van der Waals surface area contributed by atoms with E-state index in [0.29, 0.717) is 5.58 Å². The molecular formula is C14H7F2NO3. The van der Waals surface area contributed by atoms with Gasteiger partial charge >= 0.3 is 5.97 Å². The smallest absolute Gasteiger partial charge is 0.335 e. The van der Waals surface area contributed by atoms with Gasteiger partial charge in [-0.05, 0) is 36.4 Å². The first-order chi connectivity index (χ1) is 9.54. The number of aromatic nitrogens is 1. The Kier molecular flexibility index (Phi) is 2.71. The molecule has 6 heteroatoms. The molecule has 1 N–H and O–H groups in total. The summed E-state index contributed by atoms with van der Waals surface area (Å²) in [5.41, 5.74) is 0.493. The topological polar surface area (TPSA) is 63.3 Å². The summed E-state index contributed by atoms with van der Waals surface area (Å²) in [6.45, 7) is 0. The summed E-state index contributed by atoms with van der Waals surface area (Å²) in [6.07, 6.45) is 0. The third-order valence-corrected chi connectivity index (χ3v) is 2.79. The van der Waals surface area contributed by atoms with E-state index >= 15 is 0 Å². The Balaban J connectivity index is 2.17. The van der Waals surface area contributed by atoms with Crippen LogP contribution in [0, 0.1) is 11.6 Å². The quantitative estimate of drug-likeness (QED) is 0.777. The van der Waals surface area contributed by atoms with Gasteiger partial charge in [0, 0.05) is 0 Å². The standard InChI is InChI=1S/C14H7F2NO3/c15-8-2-3-10(16)9(6-8)13-17-11-5-7(14(18)19)1-4-12(11)20-13/h1-6H,(H,18,19). The number of carboxylic acid groups (broad SMARTS) is 1. The summed E-state index contributed by atoms with van der Waals surface area (Å²) in [7, 11) is 0. The van der Waals surface area contributed by atoms with Gasteiger partial charge < -0.3 is 9.52 Å². The number of hydrogen-bond donors (Lipinski definition) is 1. The fourth-order valence-electron chi connectivity index (χ4n) is 1.84. The van der Waals surface area contributed by atoms with E-state index in [1.54, 1.807) is 0 Å². The highest BCUT2D eigenvalue weighted by Gasteiger charge is 2.15. The Morgan fingerprint density at radius 2 is 1.95 bits per heavy atom. The fraction of sp³-hybridized carbons (Fsp3) is 0. The van der Waals surface area contributed by atoms with E-state index in [-0.39, 0.29) is 22.5 Å². The van der Waals surface area contributed by atoms with Crippen molar-refractivity contribution < 1.29 is 23.1 Å². The average molecular weight is 275 g/mol. The van der Waals surface area contributed by atoms with Crippen LogP contribution in [0.25, 0.3) is 22.6 Å². The number of carboxylic acids is 1. The molecule has 0 unspecified atom stereocenters. The summed E-state index contributed by atoms with van der Waals surface area (Å²) < 4.78 is 32.1. The molecule has 3 aromatic rings. The van der Waals surface area contributed by atoms with Gasteiger partial charge in [-0.15, -0.1) is 0 Å². The number of hydrogen-bond acceptors (Lipinski definition) is 3. The van der Waals surface area contributed by atoms with E-state index in [1.807, 2.05) is 0 Å². The van der Waals surface area contributed by atoms with Crippen LogP contribution in [0.5, 0.6) is 0 Å². The Labute approximate surface area is 111 Å². The third-order valence-electron chi connectivity index (χ3n) is 2.79. The number of halogens is 2. The van der Waals surface area contributed by atoms with E-state index in [1.165, 1.54) is 18.2 Å². The molecule has 0 spiro atoms. The molecule has 3 rings (SSSR count). The molecule has 0 amide bonds. The van der Waals surface area contributed by atoms with Crippen LogP contribution in [-0.4, -0.2) is 16.1 Å². The van der Waals surface area contributed by atoms with Crippen molar-refractivity contribution in [2.45, 2.75) is 0 Å². The monoisotopic (exact) mass is 275 g/mol. The molecule has 0 aliphatic heterocycles. The van der Waals surface area contributed by atoms with Gasteiger partial charge in [-0.3, -0.25) is 0 Å². The predicted octanol–water partition coefficient (Wildman–Crippen LogP) is 3.47. The highest BCUT2D eigenvalue weighted by Crippen LogP contribution is 2.27. The van der Waals surface area contributed by atoms with Crippen molar-refractivity contribution in [3.8, 4) is 11.5 Å². The Morgan fingerprint density at radius 3 is 2.70 bits per heavy atom. The molecule has 0 bridgehead atoms. The molecule has 0 atom stereocenters. The zero-order valence-corrected chi connectivity index (χ0v) is 9.93. The number of nitrogens with zero attached hydrogens (tertiary/aromatic N) is 1. The van der Waals surface area contributed by atoms with Gasteiger partial charge in [0.15, 0.2) is 5.58 Å².